The van der Waals surface area contributed by atoms with E-state index in [4.69, 9.17) is 0 Å². The second-order valence-corrected chi connectivity index (χ2v) is 7.93. The molecule has 0 aromatic rings. The molecule has 0 saturated heterocycles. The Morgan fingerprint density at radius 1 is 1.30 bits per heavy atom. The molecule has 3 heteroatoms. The summed E-state index contributed by atoms with van der Waals surface area (Å²) in [6.45, 7) is 11.9. The summed E-state index contributed by atoms with van der Waals surface area (Å²) in [4.78, 5) is 2.58. The first-order valence-corrected chi connectivity index (χ1v) is 9.81. The third kappa shape index (κ3) is 5.57. The maximum atomic E-state index is 3.83. The van der Waals surface area contributed by atoms with Gasteiger partial charge in [-0.15, -0.1) is 0 Å². The Morgan fingerprint density at radius 2 is 2.00 bits per heavy atom. The van der Waals surface area contributed by atoms with Crippen LogP contribution < -0.4 is 5.32 Å². The van der Waals surface area contributed by atoms with Crippen LogP contribution >= 0.6 is 11.8 Å². The van der Waals surface area contributed by atoms with Gasteiger partial charge in [-0.3, -0.25) is 0 Å². The second-order valence-electron chi connectivity index (χ2n) is 7.02. The lowest BCUT2D eigenvalue weighted by Crippen LogP contribution is -2.50. The fourth-order valence-corrected chi connectivity index (χ4v) is 4.40. The molecule has 0 bridgehead atoms. The van der Waals surface area contributed by atoms with Crippen molar-refractivity contribution in [3.05, 3.63) is 0 Å². The number of nitrogens with zero attached hydrogens (tertiary/aromatic N) is 1. The molecule has 0 aromatic heterocycles. The van der Waals surface area contributed by atoms with Gasteiger partial charge in [0.25, 0.3) is 0 Å². The molecule has 1 rings (SSSR count). The molecule has 120 valence electrons. The van der Waals surface area contributed by atoms with Crippen LogP contribution in [0.1, 0.15) is 47.0 Å². The van der Waals surface area contributed by atoms with Crippen LogP contribution in [0, 0.1) is 17.8 Å². The fourth-order valence-electron chi connectivity index (χ4n) is 3.66. The highest BCUT2D eigenvalue weighted by Gasteiger charge is 2.34. The van der Waals surface area contributed by atoms with Gasteiger partial charge in [-0.05, 0) is 63.8 Å². The molecule has 5 unspecified atom stereocenters. The van der Waals surface area contributed by atoms with E-state index in [2.05, 4.69) is 51.2 Å². The predicted molar refractivity (Wildman–Crippen MR) is 93.6 cm³/mol. The van der Waals surface area contributed by atoms with Gasteiger partial charge >= 0.3 is 0 Å². The molecular weight excluding hydrogens is 264 g/mol. The molecule has 0 aromatic carbocycles. The van der Waals surface area contributed by atoms with Crippen LogP contribution in [0.5, 0.6) is 0 Å². The normalized spacial score (nSPS) is 32.5. The summed E-state index contributed by atoms with van der Waals surface area (Å²) in [7, 11) is 2.31. The Hall–Kier alpha value is 0.270. The van der Waals surface area contributed by atoms with E-state index in [1.165, 1.54) is 38.1 Å². The minimum Gasteiger partial charge on any atom is -0.314 e. The van der Waals surface area contributed by atoms with Crippen molar-refractivity contribution in [3.63, 3.8) is 0 Å². The third-order valence-corrected chi connectivity index (χ3v) is 5.81. The summed E-state index contributed by atoms with van der Waals surface area (Å²) in [6.07, 6.45) is 6.21. The maximum Gasteiger partial charge on any atom is 0.0155 e. The lowest BCUT2D eigenvalue weighted by atomic mass is 9.72. The summed E-state index contributed by atoms with van der Waals surface area (Å²) < 4.78 is 0. The standard InChI is InChI=1S/C17H36N2S/c1-7-8-18-17-10-13(2)9-14(3)16(17)11-19(5)15(4)12-20-6/h13-18H,7-12H2,1-6H3. The zero-order valence-corrected chi connectivity index (χ0v) is 15.3. The lowest BCUT2D eigenvalue weighted by molar-refractivity contribution is 0.101. The van der Waals surface area contributed by atoms with Gasteiger partial charge in [-0.2, -0.15) is 11.8 Å². The highest BCUT2D eigenvalue weighted by molar-refractivity contribution is 7.98. The van der Waals surface area contributed by atoms with Crippen molar-refractivity contribution in [1.29, 1.82) is 0 Å². The Bertz CT molecular complexity index is 259. The maximum absolute atomic E-state index is 3.83. The smallest absolute Gasteiger partial charge is 0.0155 e. The summed E-state index contributed by atoms with van der Waals surface area (Å²) >= 11 is 1.96. The molecule has 0 aliphatic heterocycles. The molecule has 1 aliphatic rings. The molecule has 1 aliphatic carbocycles. The van der Waals surface area contributed by atoms with Crippen LogP contribution in [0.4, 0.5) is 0 Å². The zero-order chi connectivity index (χ0) is 15.1. The Morgan fingerprint density at radius 3 is 2.60 bits per heavy atom. The van der Waals surface area contributed by atoms with Gasteiger partial charge < -0.3 is 10.2 Å². The molecule has 5 atom stereocenters. The van der Waals surface area contributed by atoms with Gasteiger partial charge in [0, 0.05) is 24.4 Å². The number of rotatable bonds is 8. The van der Waals surface area contributed by atoms with E-state index in [0.29, 0.717) is 6.04 Å². The molecule has 1 saturated carbocycles. The lowest BCUT2D eigenvalue weighted by Gasteiger charge is -2.43. The number of hydrogen-bond donors (Lipinski definition) is 1. The summed E-state index contributed by atoms with van der Waals surface area (Å²) in [5, 5.41) is 3.83. The molecule has 1 N–H and O–H groups in total. The molecule has 0 radical (unpaired) electrons. The van der Waals surface area contributed by atoms with E-state index in [-0.39, 0.29) is 0 Å². The van der Waals surface area contributed by atoms with Crippen LogP contribution in [0.3, 0.4) is 0 Å². The monoisotopic (exact) mass is 300 g/mol. The molecular formula is C17H36N2S. The van der Waals surface area contributed by atoms with Gasteiger partial charge in [0.1, 0.15) is 0 Å². The van der Waals surface area contributed by atoms with Gasteiger partial charge in [0.05, 0.1) is 0 Å². The highest BCUT2D eigenvalue weighted by Crippen LogP contribution is 2.34. The minimum atomic E-state index is 0.684. The van der Waals surface area contributed by atoms with Crippen LogP contribution in [-0.2, 0) is 0 Å². The molecule has 0 amide bonds. The molecule has 0 heterocycles. The zero-order valence-electron chi connectivity index (χ0n) is 14.5. The minimum absolute atomic E-state index is 0.684. The first-order chi connectivity index (χ1) is 9.49. The van der Waals surface area contributed by atoms with Crippen molar-refractivity contribution in [2.24, 2.45) is 17.8 Å². The van der Waals surface area contributed by atoms with Gasteiger partial charge in [-0.25, -0.2) is 0 Å². The van der Waals surface area contributed by atoms with Crippen LogP contribution in [0.15, 0.2) is 0 Å². The quantitative estimate of drug-likeness (QED) is 0.735. The fraction of sp³-hybridized carbons (Fsp3) is 1.00. The van der Waals surface area contributed by atoms with Crippen molar-refractivity contribution in [3.8, 4) is 0 Å². The Balaban J connectivity index is 2.60. The second kappa shape index (κ2) is 9.32. The number of hydrogen-bond acceptors (Lipinski definition) is 3. The van der Waals surface area contributed by atoms with Crippen LogP contribution in [-0.4, -0.2) is 49.1 Å². The molecule has 1 fully saturated rings. The van der Waals surface area contributed by atoms with E-state index in [0.717, 1.165) is 23.8 Å². The van der Waals surface area contributed by atoms with Gasteiger partial charge in [0.15, 0.2) is 0 Å². The number of nitrogens with one attached hydrogen (secondary N) is 1. The topological polar surface area (TPSA) is 15.3 Å². The average Bonchev–Trinajstić information content (AvgIpc) is 2.39. The van der Waals surface area contributed by atoms with E-state index in [1.807, 2.05) is 11.8 Å². The Labute approximate surface area is 131 Å². The number of thioether (sulfide) groups is 1. The van der Waals surface area contributed by atoms with Crippen molar-refractivity contribution >= 4 is 11.8 Å². The highest BCUT2D eigenvalue weighted by atomic mass is 32.2. The molecule has 20 heavy (non-hydrogen) atoms. The first kappa shape index (κ1) is 18.3. The molecule has 0 spiro atoms. The van der Waals surface area contributed by atoms with Gasteiger partial charge in [0.2, 0.25) is 0 Å². The van der Waals surface area contributed by atoms with Crippen molar-refractivity contribution in [2.45, 2.75) is 59.0 Å². The predicted octanol–water partition coefficient (Wildman–Crippen LogP) is 3.72. The average molecular weight is 301 g/mol. The summed E-state index contributed by atoms with van der Waals surface area (Å²) in [5.74, 6) is 3.77. The SMILES string of the molecule is CCCNC1CC(C)CC(C)C1CN(C)C(C)CSC. The van der Waals surface area contributed by atoms with E-state index >= 15 is 0 Å². The van der Waals surface area contributed by atoms with Crippen LogP contribution in [0.25, 0.3) is 0 Å². The largest absolute Gasteiger partial charge is 0.314 e. The summed E-state index contributed by atoms with van der Waals surface area (Å²) in [5.41, 5.74) is 0. The third-order valence-electron chi connectivity index (χ3n) is 4.99. The first-order valence-electron chi connectivity index (χ1n) is 8.42. The van der Waals surface area contributed by atoms with E-state index < -0.39 is 0 Å². The van der Waals surface area contributed by atoms with Crippen molar-refractivity contribution in [1.82, 2.24) is 10.2 Å². The van der Waals surface area contributed by atoms with Gasteiger partial charge in [-0.1, -0.05) is 20.8 Å². The van der Waals surface area contributed by atoms with Crippen LogP contribution in [0.2, 0.25) is 0 Å². The van der Waals surface area contributed by atoms with E-state index in [1.54, 1.807) is 0 Å². The summed E-state index contributed by atoms with van der Waals surface area (Å²) in [6, 6.07) is 1.40. The van der Waals surface area contributed by atoms with Crippen molar-refractivity contribution in [2.75, 3.05) is 32.1 Å². The Kier molecular flexibility index (Phi) is 8.54. The van der Waals surface area contributed by atoms with Crippen molar-refractivity contribution < 1.29 is 0 Å². The van der Waals surface area contributed by atoms with E-state index in [9.17, 15) is 0 Å². The molecule has 2 nitrogen and oxygen atoms in total.